The zero-order valence-electron chi connectivity index (χ0n) is 11.8. The van der Waals surface area contributed by atoms with Gasteiger partial charge in [0.05, 0.1) is 17.2 Å². The van der Waals surface area contributed by atoms with E-state index in [2.05, 4.69) is 22.2 Å². The Morgan fingerprint density at radius 3 is 2.48 bits per heavy atom. The van der Waals surface area contributed by atoms with Crippen LogP contribution in [-0.2, 0) is 9.84 Å². The van der Waals surface area contributed by atoms with E-state index in [1.165, 1.54) is 4.90 Å². The summed E-state index contributed by atoms with van der Waals surface area (Å²) in [5.74, 6) is 1.52. The minimum absolute atomic E-state index is 0.163. The summed E-state index contributed by atoms with van der Waals surface area (Å²) in [4.78, 5) is 5.56. The van der Waals surface area contributed by atoms with Crippen LogP contribution in [0, 0.1) is 0 Å². The molecular formula is C14H17N3O2S2. The Morgan fingerprint density at radius 2 is 1.86 bits per heavy atom. The van der Waals surface area contributed by atoms with E-state index in [4.69, 9.17) is 0 Å². The minimum Gasteiger partial charge on any atom is -0.229 e. The number of hydrogen-bond donors (Lipinski definition) is 0. The van der Waals surface area contributed by atoms with Crippen molar-refractivity contribution < 1.29 is 8.42 Å². The normalized spacial score (nSPS) is 18.7. The molecule has 0 radical (unpaired) electrons. The topological polar surface area (TPSA) is 64.8 Å². The van der Waals surface area contributed by atoms with E-state index in [1.807, 2.05) is 23.1 Å². The fourth-order valence-corrected chi connectivity index (χ4v) is 4.50. The van der Waals surface area contributed by atoms with Crippen molar-refractivity contribution in [3.05, 3.63) is 36.4 Å². The smallest absolute Gasteiger partial charge is 0.150 e. The first-order valence-electron chi connectivity index (χ1n) is 6.84. The molecule has 2 heterocycles. The Balaban J connectivity index is 1.87. The molecule has 2 aromatic rings. The maximum absolute atomic E-state index is 11.5. The summed E-state index contributed by atoms with van der Waals surface area (Å²) in [7, 11) is -2.85. The van der Waals surface area contributed by atoms with Crippen molar-refractivity contribution in [2.24, 2.45) is 0 Å². The number of rotatable bonds is 3. The highest BCUT2D eigenvalue weighted by Gasteiger charge is 2.28. The molecule has 1 fully saturated rings. The molecule has 1 aromatic heterocycles. The van der Waals surface area contributed by atoms with E-state index >= 15 is 0 Å². The Kier molecular flexibility index (Phi) is 4.03. The Hall–Kier alpha value is -1.34. The van der Waals surface area contributed by atoms with Crippen LogP contribution in [-0.4, -0.2) is 40.9 Å². The van der Waals surface area contributed by atoms with Crippen LogP contribution in [0.5, 0.6) is 0 Å². The van der Waals surface area contributed by atoms with E-state index in [0.29, 0.717) is 12.8 Å². The Morgan fingerprint density at radius 1 is 1.19 bits per heavy atom. The first-order valence-corrected chi connectivity index (χ1v) is 9.88. The molecule has 0 bridgehead atoms. The lowest BCUT2D eigenvalue weighted by Gasteiger charge is -2.21. The van der Waals surface area contributed by atoms with Gasteiger partial charge < -0.3 is 0 Å². The van der Waals surface area contributed by atoms with E-state index in [0.717, 1.165) is 11.5 Å². The second-order valence-corrected chi connectivity index (χ2v) is 8.34. The maximum atomic E-state index is 11.5. The standard InChI is InChI=1S/C14H17N3O2S2/c1-20-13-4-2-12(3-5-13)17-14(15-10-16-17)11-6-8-21(18,19)9-7-11/h2-5,10-11H,6-9H2,1H3. The number of hydrogen-bond acceptors (Lipinski definition) is 5. The molecule has 5 nitrogen and oxygen atoms in total. The van der Waals surface area contributed by atoms with E-state index in [9.17, 15) is 8.42 Å². The molecule has 3 rings (SSSR count). The summed E-state index contributed by atoms with van der Waals surface area (Å²) in [5, 5.41) is 4.30. The van der Waals surface area contributed by atoms with E-state index < -0.39 is 9.84 Å². The minimum atomic E-state index is -2.85. The van der Waals surface area contributed by atoms with Crippen LogP contribution in [0.25, 0.3) is 5.69 Å². The summed E-state index contributed by atoms with van der Waals surface area (Å²) < 4.78 is 24.9. The third-order valence-corrected chi connectivity index (χ3v) is 6.27. The monoisotopic (exact) mass is 323 g/mol. The molecular weight excluding hydrogens is 306 g/mol. The summed E-state index contributed by atoms with van der Waals surface area (Å²) in [6.07, 6.45) is 4.84. The van der Waals surface area contributed by atoms with E-state index in [1.54, 1.807) is 18.1 Å². The van der Waals surface area contributed by atoms with Crippen LogP contribution >= 0.6 is 11.8 Å². The molecule has 0 amide bonds. The van der Waals surface area contributed by atoms with Gasteiger partial charge in [-0.1, -0.05) is 0 Å². The number of thioether (sulfide) groups is 1. The van der Waals surface area contributed by atoms with Crippen LogP contribution in [0.1, 0.15) is 24.6 Å². The molecule has 0 unspecified atom stereocenters. The molecule has 0 aliphatic carbocycles. The molecule has 1 aliphatic heterocycles. The highest BCUT2D eigenvalue weighted by molar-refractivity contribution is 7.98. The van der Waals surface area contributed by atoms with Crippen LogP contribution < -0.4 is 0 Å². The van der Waals surface area contributed by atoms with Crippen LogP contribution in [0.2, 0.25) is 0 Å². The third-order valence-electron chi connectivity index (χ3n) is 3.81. The molecule has 1 aliphatic rings. The van der Waals surface area contributed by atoms with Gasteiger partial charge in [-0.3, -0.25) is 0 Å². The number of benzene rings is 1. The third kappa shape index (κ3) is 3.13. The maximum Gasteiger partial charge on any atom is 0.150 e. The number of sulfone groups is 1. The first kappa shape index (κ1) is 14.6. The van der Waals surface area contributed by atoms with Gasteiger partial charge in [0.25, 0.3) is 0 Å². The molecule has 21 heavy (non-hydrogen) atoms. The second-order valence-electron chi connectivity index (χ2n) is 5.15. The summed E-state index contributed by atoms with van der Waals surface area (Å²) in [5.41, 5.74) is 0.966. The largest absolute Gasteiger partial charge is 0.229 e. The molecule has 0 spiro atoms. The van der Waals surface area contributed by atoms with Gasteiger partial charge in [-0.15, -0.1) is 11.8 Å². The predicted octanol–water partition coefficient (Wildman–Crippen LogP) is 2.28. The van der Waals surface area contributed by atoms with Crippen LogP contribution in [0.15, 0.2) is 35.5 Å². The van der Waals surface area contributed by atoms with Gasteiger partial charge in [0, 0.05) is 10.8 Å². The van der Waals surface area contributed by atoms with Crippen molar-refractivity contribution in [2.45, 2.75) is 23.7 Å². The van der Waals surface area contributed by atoms with Gasteiger partial charge in [0.2, 0.25) is 0 Å². The van der Waals surface area contributed by atoms with Crippen molar-refractivity contribution in [1.82, 2.24) is 14.8 Å². The molecule has 0 saturated carbocycles. The van der Waals surface area contributed by atoms with Gasteiger partial charge in [0.15, 0.2) is 0 Å². The first-order chi connectivity index (χ1) is 10.1. The summed E-state index contributed by atoms with van der Waals surface area (Å²) >= 11 is 1.69. The lowest BCUT2D eigenvalue weighted by atomic mass is 10.0. The molecule has 7 heteroatoms. The average Bonchev–Trinajstić information content (AvgIpc) is 2.97. The van der Waals surface area contributed by atoms with Gasteiger partial charge in [-0.2, -0.15) is 5.10 Å². The van der Waals surface area contributed by atoms with Crippen molar-refractivity contribution in [3.63, 3.8) is 0 Å². The number of nitrogens with zero attached hydrogens (tertiary/aromatic N) is 3. The quantitative estimate of drug-likeness (QED) is 0.811. The fraction of sp³-hybridized carbons (Fsp3) is 0.429. The lowest BCUT2D eigenvalue weighted by Crippen LogP contribution is -2.24. The molecule has 1 saturated heterocycles. The van der Waals surface area contributed by atoms with Gasteiger partial charge >= 0.3 is 0 Å². The lowest BCUT2D eigenvalue weighted by molar-refractivity contribution is 0.529. The van der Waals surface area contributed by atoms with Crippen molar-refractivity contribution in [3.8, 4) is 5.69 Å². The van der Waals surface area contributed by atoms with Crippen molar-refractivity contribution in [1.29, 1.82) is 0 Å². The zero-order chi connectivity index (χ0) is 14.9. The van der Waals surface area contributed by atoms with Gasteiger partial charge in [0.1, 0.15) is 22.0 Å². The Bertz CT molecular complexity index is 709. The van der Waals surface area contributed by atoms with Gasteiger partial charge in [-0.25, -0.2) is 18.1 Å². The van der Waals surface area contributed by atoms with Crippen LogP contribution in [0.4, 0.5) is 0 Å². The van der Waals surface area contributed by atoms with Crippen molar-refractivity contribution in [2.75, 3.05) is 17.8 Å². The van der Waals surface area contributed by atoms with Gasteiger partial charge in [-0.05, 0) is 43.4 Å². The fourth-order valence-electron chi connectivity index (χ4n) is 2.60. The SMILES string of the molecule is CSc1ccc(-n2ncnc2C2CCS(=O)(=O)CC2)cc1. The summed E-state index contributed by atoms with van der Waals surface area (Å²) in [6, 6.07) is 8.14. The summed E-state index contributed by atoms with van der Waals surface area (Å²) in [6.45, 7) is 0. The molecule has 0 atom stereocenters. The number of aromatic nitrogens is 3. The van der Waals surface area contributed by atoms with Crippen LogP contribution in [0.3, 0.4) is 0 Å². The molecule has 112 valence electrons. The van der Waals surface area contributed by atoms with Crippen molar-refractivity contribution >= 4 is 21.6 Å². The molecule has 0 N–H and O–H groups in total. The highest BCUT2D eigenvalue weighted by Crippen LogP contribution is 2.29. The molecule has 1 aromatic carbocycles. The predicted molar refractivity (Wildman–Crippen MR) is 83.8 cm³/mol. The average molecular weight is 323 g/mol. The second kappa shape index (κ2) is 5.81. The zero-order valence-corrected chi connectivity index (χ0v) is 13.4. The van der Waals surface area contributed by atoms with E-state index in [-0.39, 0.29) is 17.4 Å². The highest BCUT2D eigenvalue weighted by atomic mass is 32.2. The Labute approximate surface area is 128 Å².